The minimum Gasteiger partial charge on any atom is -0.351 e. The average Bonchev–Trinajstić information content (AvgIpc) is 2.53. The molecule has 3 rings (SSSR count). The van der Waals surface area contributed by atoms with Crippen molar-refractivity contribution in [1.82, 2.24) is 4.90 Å². The van der Waals surface area contributed by atoms with Crippen molar-refractivity contribution < 1.29 is 18.0 Å². The van der Waals surface area contributed by atoms with Crippen molar-refractivity contribution in [3.63, 3.8) is 0 Å². The fourth-order valence-corrected chi connectivity index (χ4v) is 2.93. The van der Waals surface area contributed by atoms with Crippen LogP contribution in [-0.4, -0.2) is 17.5 Å². The summed E-state index contributed by atoms with van der Waals surface area (Å²) in [6.45, 7) is 0.857. The lowest BCUT2D eigenvalue weighted by Crippen LogP contribution is -2.39. The van der Waals surface area contributed by atoms with E-state index in [4.69, 9.17) is 5.73 Å². The van der Waals surface area contributed by atoms with Gasteiger partial charge in [0.05, 0.1) is 5.56 Å². The second-order valence-electron chi connectivity index (χ2n) is 5.53. The van der Waals surface area contributed by atoms with Crippen molar-refractivity contribution in [1.29, 1.82) is 0 Å². The molecule has 2 aromatic rings. The van der Waals surface area contributed by atoms with E-state index >= 15 is 0 Å². The second kappa shape index (κ2) is 5.61. The number of halogens is 3. The number of alkyl halides is 3. The Bertz CT molecular complexity index is 756. The van der Waals surface area contributed by atoms with E-state index in [1.165, 1.54) is 11.0 Å². The number of hydrogen-bond donors (Lipinski definition) is 1. The van der Waals surface area contributed by atoms with Crippen LogP contribution in [0.15, 0.2) is 42.5 Å². The molecule has 0 atom stereocenters. The Morgan fingerprint density at radius 3 is 2.57 bits per heavy atom. The minimum absolute atomic E-state index is 0.386. The van der Waals surface area contributed by atoms with E-state index in [9.17, 15) is 18.0 Å². The molecule has 0 aliphatic carbocycles. The summed E-state index contributed by atoms with van der Waals surface area (Å²) in [5, 5.41) is 0. The van der Waals surface area contributed by atoms with Gasteiger partial charge in [-0.15, -0.1) is 0 Å². The van der Waals surface area contributed by atoms with Gasteiger partial charge in [-0.3, -0.25) is 0 Å². The van der Waals surface area contributed by atoms with Crippen LogP contribution in [0.3, 0.4) is 0 Å². The molecule has 0 radical (unpaired) electrons. The van der Waals surface area contributed by atoms with Crippen LogP contribution in [0.2, 0.25) is 0 Å². The second-order valence-corrected chi connectivity index (χ2v) is 5.53. The lowest BCUT2D eigenvalue weighted by molar-refractivity contribution is -0.137. The van der Waals surface area contributed by atoms with E-state index in [-0.39, 0.29) is 0 Å². The van der Waals surface area contributed by atoms with Gasteiger partial charge in [0.15, 0.2) is 0 Å². The Morgan fingerprint density at radius 1 is 1.13 bits per heavy atom. The SMILES string of the molecule is NC(=O)N1CCc2c(cccc2-c2cccc(C(F)(F)F)c2)C1. The zero-order chi connectivity index (χ0) is 16.6. The van der Waals surface area contributed by atoms with E-state index in [2.05, 4.69) is 0 Å². The summed E-state index contributed by atoms with van der Waals surface area (Å²) >= 11 is 0. The summed E-state index contributed by atoms with van der Waals surface area (Å²) in [4.78, 5) is 12.8. The lowest BCUT2D eigenvalue weighted by Gasteiger charge is -2.29. The molecule has 3 nitrogen and oxygen atoms in total. The van der Waals surface area contributed by atoms with Crippen LogP contribution in [0.5, 0.6) is 0 Å². The summed E-state index contributed by atoms with van der Waals surface area (Å²) in [6, 6.07) is 10.3. The third-order valence-corrected chi connectivity index (χ3v) is 4.08. The Hall–Kier alpha value is -2.50. The maximum absolute atomic E-state index is 12.9. The molecule has 0 bridgehead atoms. The Kier molecular flexibility index (Phi) is 3.75. The monoisotopic (exact) mass is 320 g/mol. The number of carbonyl (C=O) groups is 1. The molecule has 23 heavy (non-hydrogen) atoms. The fourth-order valence-electron chi connectivity index (χ4n) is 2.93. The molecule has 0 saturated heterocycles. The predicted molar refractivity (Wildman–Crippen MR) is 80.6 cm³/mol. The molecule has 0 saturated carbocycles. The Balaban J connectivity index is 2.03. The molecule has 1 aliphatic heterocycles. The summed E-state index contributed by atoms with van der Waals surface area (Å²) in [5.74, 6) is 0. The third-order valence-electron chi connectivity index (χ3n) is 4.08. The van der Waals surface area contributed by atoms with Gasteiger partial charge in [0.25, 0.3) is 0 Å². The number of primary amides is 1. The smallest absolute Gasteiger partial charge is 0.351 e. The Morgan fingerprint density at radius 2 is 1.87 bits per heavy atom. The first-order chi connectivity index (χ1) is 10.9. The van der Waals surface area contributed by atoms with Crippen LogP contribution in [-0.2, 0) is 19.1 Å². The quantitative estimate of drug-likeness (QED) is 0.853. The van der Waals surface area contributed by atoms with Crippen molar-refractivity contribution in [2.75, 3.05) is 6.54 Å². The van der Waals surface area contributed by atoms with Gasteiger partial charge in [-0.05, 0) is 40.8 Å². The highest BCUT2D eigenvalue weighted by Gasteiger charge is 2.30. The molecule has 2 aromatic carbocycles. The maximum atomic E-state index is 12.9. The van der Waals surface area contributed by atoms with Crippen LogP contribution in [0, 0.1) is 0 Å². The number of benzene rings is 2. The Labute approximate surface area is 131 Å². The highest BCUT2D eigenvalue weighted by molar-refractivity contribution is 5.74. The number of nitrogens with zero attached hydrogens (tertiary/aromatic N) is 1. The molecule has 2 N–H and O–H groups in total. The van der Waals surface area contributed by atoms with Crippen LogP contribution in [0.1, 0.15) is 16.7 Å². The van der Waals surface area contributed by atoms with Crippen molar-refractivity contribution >= 4 is 6.03 Å². The van der Waals surface area contributed by atoms with Crippen molar-refractivity contribution in [2.24, 2.45) is 5.73 Å². The minimum atomic E-state index is -4.37. The number of rotatable bonds is 1. The molecule has 1 aliphatic rings. The van der Waals surface area contributed by atoms with Gasteiger partial charge in [-0.1, -0.05) is 30.3 Å². The van der Waals surface area contributed by atoms with E-state index < -0.39 is 17.8 Å². The number of urea groups is 1. The van der Waals surface area contributed by atoms with Crippen LogP contribution in [0.25, 0.3) is 11.1 Å². The molecule has 0 aromatic heterocycles. The van der Waals surface area contributed by atoms with E-state index in [1.807, 2.05) is 12.1 Å². The first kappa shape index (κ1) is 15.4. The molecular weight excluding hydrogens is 305 g/mol. The summed E-state index contributed by atoms with van der Waals surface area (Å²) < 4.78 is 38.7. The van der Waals surface area contributed by atoms with Crippen molar-refractivity contribution in [2.45, 2.75) is 19.1 Å². The highest BCUT2D eigenvalue weighted by Crippen LogP contribution is 2.35. The van der Waals surface area contributed by atoms with E-state index in [0.717, 1.165) is 28.8 Å². The third kappa shape index (κ3) is 3.02. The molecule has 0 fully saturated rings. The first-order valence-corrected chi connectivity index (χ1v) is 7.19. The van der Waals surface area contributed by atoms with Crippen molar-refractivity contribution in [3.05, 3.63) is 59.2 Å². The normalized spacial score (nSPS) is 14.5. The standard InChI is InChI=1S/C17H15F3N2O/c18-17(19,20)13-5-1-3-11(9-13)14-6-2-4-12-10-22(16(21)23)8-7-15(12)14/h1-6,9H,7-8,10H2,(H2,21,23). The van der Waals surface area contributed by atoms with Crippen LogP contribution < -0.4 is 5.73 Å². The van der Waals surface area contributed by atoms with Gasteiger partial charge in [0, 0.05) is 13.1 Å². The van der Waals surface area contributed by atoms with Gasteiger partial charge in [-0.25, -0.2) is 4.79 Å². The highest BCUT2D eigenvalue weighted by atomic mass is 19.4. The van der Waals surface area contributed by atoms with E-state index in [0.29, 0.717) is 25.1 Å². The molecule has 0 unspecified atom stereocenters. The number of carbonyl (C=O) groups excluding carboxylic acids is 1. The lowest BCUT2D eigenvalue weighted by atomic mass is 9.90. The molecule has 1 heterocycles. The van der Waals surface area contributed by atoms with E-state index in [1.54, 1.807) is 12.1 Å². The van der Waals surface area contributed by atoms with Gasteiger partial charge < -0.3 is 10.6 Å². The zero-order valence-electron chi connectivity index (χ0n) is 12.2. The molecule has 6 heteroatoms. The van der Waals surface area contributed by atoms with Gasteiger partial charge >= 0.3 is 12.2 Å². The van der Waals surface area contributed by atoms with Crippen LogP contribution in [0.4, 0.5) is 18.0 Å². The largest absolute Gasteiger partial charge is 0.416 e. The summed E-state index contributed by atoms with van der Waals surface area (Å²) in [5.41, 5.74) is 7.84. The number of amides is 2. The molecule has 120 valence electrons. The molecule has 2 amide bonds. The van der Waals surface area contributed by atoms with Crippen LogP contribution >= 0.6 is 0 Å². The predicted octanol–water partition coefficient (Wildman–Crippen LogP) is 3.81. The molecule has 0 spiro atoms. The topological polar surface area (TPSA) is 46.3 Å². The maximum Gasteiger partial charge on any atom is 0.416 e. The van der Waals surface area contributed by atoms with Crippen molar-refractivity contribution in [3.8, 4) is 11.1 Å². The first-order valence-electron chi connectivity index (χ1n) is 7.19. The summed E-state index contributed by atoms with van der Waals surface area (Å²) in [6.07, 6.45) is -3.79. The van der Waals surface area contributed by atoms with Gasteiger partial charge in [-0.2, -0.15) is 13.2 Å². The number of hydrogen-bond acceptors (Lipinski definition) is 1. The van der Waals surface area contributed by atoms with Gasteiger partial charge in [0.2, 0.25) is 0 Å². The van der Waals surface area contributed by atoms with Gasteiger partial charge in [0.1, 0.15) is 0 Å². The zero-order valence-corrected chi connectivity index (χ0v) is 12.2. The average molecular weight is 320 g/mol. The summed E-state index contributed by atoms with van der Waals surface area (Å²) in [7, 11) is 0. The fraction of sp³-hybridized carbons (Fsp3) is 0.235. The molecular formula is C17H15F3N2O. The number of fused-ring (bicyclic) bond motifs is 1. The number of nitrogens with two attached hydrogens (primary N) is 1.